The van der Waals surface area contributed by atoms with Crippen molar-refractivity contribution in [3.05, 3.63) is 84.5 Å². The lowest BCUT2D eigenvalue weighted by molar-refractivity contribution is 1.16. The number of rotatable bonds is 5. The first-order valence-corrected chi connectivity index (χ1v) is 10.8. The van der Waals surface area contributed by atoms with E-state index in [1.165, 1.54) is 23.2 Å². The number of allylic oxidation sites excluding steroid dienone is 4. The molecule has 0 N–H and O–H groups in total. The van der Waals surface area contributed by atoms with Gasteiger partial charge in [0.2, 0.25) is 0 Å². The van der Waals surface area contributed by atoms with Gasteiger partial charge in [-0.15, -0.1) is 0 Å². The minimum atomic E-state index is -1.52. The average molecular weight is 305 g/mol. The Morgan fingerprint density at radius 1 is 0.818 bits per heavy atom. The van der Waals surface area contributed by atoms with Crippen LogP contribution >= 0.6 is 0 Å². The number of hydrogen-bond donors (Lipinski definition) is 0. The summed E-state index contributed by atoms with van der Waals surface area (Å²) in [6.45, 7) is 4.76. The third-order valence-electron chi connectivity index (χ3n) is 5.20. The molecular weight excluding hydrogens is 280 g/mol. The van der Waals surface area contributed by atoms with Crippen molar-refractivity contribution in [1.82, 2.24) is 0 Å². The summed E-state index contributed by atoms with van der Waals surface area (Å²) >= 11 is 0. The molecule has 0 fully saturated rings. The van der Waals surface area contributed by atoms with Gasteiger partial charge in [-0.3, -0.25) is 0 Å². The fourth-order valence-corrected chi connectivity index (χ4v) is 8.23. The second kappa shape index (κ2) is 6.49. The van der Waals surface area contributed by atoms with Gasteiger partial charge in [-0.25, -0.2) is 0 Å². The molecule has 1 atom stereocenters. The molecule has 1 aliphatic rings. The minimum Gasteiger partial charge on any atom is -0.0793 e. The van der Waals surface area contributed by atoms with Crippen LogP contribution in [0.4, 0.5) is 0 Å². The number of benzene rings is 2. The normalized spacial score (nSPS) is 17.5. The van der Waals surface area contributed by atoms with Crippen LogP contribution in [0, 0.1) is 0 Å². The van der Waals surface area contributed by atoms with E-state index in [0.717, 1.165) is 0 Å². The van der Waals surface area contributed by atoms with Gasteiger partial charge < -0.3 is 0 Å². The summed E-state index contributed by atoms with van der Waals surface area (Å²) in [4.78, 5) is 0. The fourth-order valence-electron chi connectivity index (χ4n) is 3.77. The Hall–Kier alpha value is -1.86. The maximum atomic E-state index is 2.52. The Morgan fingerprint density at radius 2 is 1.41 bits per heavy atom. The highest BCUT2D eigenvalue weighted by Gasteiger charge is 2.38. The average Bonchev–Trinajstić information content (AvgIpc) is 3.09. The predicted octanol–water partition coefficient (Wildman–Crippen LogP) is 5.41. The molecule has 0 amide bonds. The van der Waals surface area contributed by atoms with Crippen LogP contribution < -0.4 is 5.19 Å². The Kier molecular flexibility index (Phi) is 4.44. The number of hydrogen-bond acceptors (Lipinski definition) is 0. The van der Waals surface area contributed by atoms with Gasteiger partial charge in [-0.05, 0) is 16.7 Å². The zero-order chi connectivity index (χ0) is 15.4. The van der Waals surface area contributed by atoms with Crippen LogP contribution in [0.3, 0.4) is 0 Å². The van der Waals surface area contributed by atoms with Crippen LogP contribution in [0.15, 0.2) is 78.9 Å². The Morgan fingerprint density at radius 3 is 2.00 bits per heavy atom. The maximum absolute atomic E-state index is 2.52. The Bertz CT molecular complexity index is 664. The van der Waals surface area contributed by atoms with Crippen molar-refractivity contribution in [3.63, 3.8) is 0 Å². The van der Waals surface area contributed by atoms with Gasteiger partial charge in [0.05, 0.1) is 8.07 Å². The van der Waals surface area contributed by atoms with Crippen molar-refractivity contribution in [2.45, 2.75) is 31.5 Å². The quantitative estimate of drug-likeness (QED) is 0.648. The Labute approximate surface area is 135 Å². The SMILES string of the molecule is CC[Si](CC)(c1ccccc1)C1C=CC(c2ccccc2)=C1. The van der Waals surface area contributed by atoms with Crippen molar-refractivity contribution in [2.24, 2.45) is 0 Å². The van der Waals surface area contributed by atoms with Gasteiger partial charge in [0.25, 0.3) is 0 Å². The maximum Gasteiger partial charge on any atom is 0.0966 e. The molecule has 2 aromatic carbocycles. The van der Waals surface area contributed by atoms with E-state index in [-0.39, 0.29) is 0 Å². The van der Waals surface area contributed by atoms with Crippen molar-refractivity contribution >= 4 is 18.8 Å². The van der Waals surface area contributed by atoms with Crippen LogP contribution in [0.25, 0.3) is 5.57 Å². The molecule has 0 nitrogen and oxygen atoms in total. The fraction of sp³-hybridized carbons (Fsp3) is 0.238. The summed E-state index contributed by atoms with van der Waals surface area (Å²) in [6, 6.07) is 24.6. The lowest BCUT2D eigenvalue weighted by atomic mass is 10.1. The largest absolute Gasteiger partial charge is 0.0966 e. The lowest BCUT2D eigenvalue weighted by Gasteiger charge is -2.34. The molecule has 0 heterocycles. The molecule has 112 valence electrons. The van der Waals surface area contributed by atoms with Gasteiger partial charge in [0.1, 0.15) is 0 Å². The van der Waals surface area contributed by atoms with Gasteiger partial charge in [0, 0.05) is 0 Å². The van der Waals surface area contributed by atoms with Crippen LogP contribution in [0.2, 0.25) is 17.6 Å². The molecule has 22 heavy (non-hydrogen) atoms. The summed E-state index contributed by atoms with van der Waals surface area (Å²) in [5, 5.41) is 1.60. The topological polar surface area (TPSA) is 0 Å². The second-order valence-electron chi connectivity index (χ2n) is 6.10. The van der Waals surface area contributed by atoms with E-state index in [0.29, 0.717) is 5.54 Å². The first kappa shape index (κ1) is 15.0. The summed E-state index contributed by atoms with van der Waals surface area (Å²) in [7, 11) is -1.52. The van der Waals surface area contributed by atoms with E-state index in [4.69, 9.17) is 0 Å². The molecule has 1 heteroatoms. The summed E-state index contributed by atoms with van der Waals surface area (Å²) < 4.78 is 0. The van der Waals surface area contributed by atoms with E-state index >= 15 is 0 Å². The van der Waals surface area contributed by atoms with Crippen LogP contribution in [0.5, 0.6) is 0 Å². The summed E-state index contributed by atoms with van der Waals surface area (Å²) in [5.74, 6) is 0. The van der Waals surface area contributed by atoms with Gasteiger partial charge >= 0.3 is 0 Å². The highest BCUT2D eigenvalue weighted by atomic mass is 28.3. The zero-order valence-corrected chi connectivity index (χ0v) is 14.5. The molecule has 3 rings (SSSR count). The molecule has 1 aliphatic carbocycles. The highest BCUT2D eigenvalue weighted by Crippen LogP contribution is 2.39. The minimum absolute atomic E-state index is 0.611. The predicted molar refractivity (Wildman–Crippen MR) is 100 cm³/mol. The Balaban J connectivity index is 1.98. The van der Waals surface area contributed by atoms with E-state index in [1.807, 2.05) is 0 Å². The van der Waals surface area contributed by atoms with Crippen LogP contribution in [-0.4, -0.2) is 8.07 Å². The van der Waals surface area contributed by atoms with Gasteiger partial charge in [-0.2, -0.15) is 0 Å². The third-order valence-corrected chi connectivity index (χ3v) is 10.8. The molecule has 0 saturated heterocycles. The second-order valence-corrected chi connectivity index (χ2v) is 11.1. The molecule has 0 bridgehead atoms. The summed E-state index contributed by atoms with van der Waals surface area (Å²) in [6.07, 6.45) is 7.30. The first-order chi connectivity index (χ1) is 10.8. The monoisotopic (exact) mass is 304 g/mol. The van der Waals surface area contributed by atoms with E-state index < -0.39 is 8.07 Å². The van der Waals surface area contributed by atoms with Crippen molar-refractivity contribution in [1.29, 1.82) is 0 Å². The third kappa shape index (κ3) is 2.61. The molecule has 1 unspecified atom stereocenters. The highest BCUT2D eigenvalue weighted by molar-refractivity contribution is 6.93. The molecule has 0 radical (unpaired) electrons. The zero-order valence-electron chi connectivity index (χ0n) is 13.5. The standard InChI is InChI=1S/C21H24Si/c1-3-22(4-2,20-13-9-6-10-14-20)21-16-15-19(17-21)18-11-7-5-8-12-18/h5-17,21H,3-4H2,1-2H3. The first-order valence-electron chi connectivity index (χ1n) is 8.31. The van der Waals surface area contributed by atoms with E-state index in [1.54, 1.807) is 5.19 Å². The molecule has 0 aromatic heterocycles. The smallest absolute Gasteiger partial charge is 0.0793 e. The van der Waals surface area contributed by atoms with E-state index in [2.05, 4.69) is 92.7 Å². The van der Waals surface area contributed by atoms with Crippen molar-refractivity contribution < 1.29 is 0 Å². The summed E-state index contributed by atoms with van der Waals surface area (Å²) in [5.41, 5.74) is 3.34. The van der Waals surface area contributed by atoms with Crippen molar-refractivity contribution in [2.75, 3.05) is 0 Å². The van der Waals surface area contributed by atoms with Crippen molar-refractivity contribution in [3.8, 4) is 0 Å². The van der Waals surface area contributed by atoms with Crippen LogP contribution in [0.1, 0.15) is 19.4 Å². The molecule has 0 saturated carbocycles. The lowest BCUT2D eigenvalue weighted by Crippen LogP contribution is -2.49. The van der Waals surface area contributed by atoms with Gasteiger partial charge in [-0.1, -0.05) is 110 Å². The van der Waals surface area contributed by atoms with E-state index in [9.17, 15) is 0 Å². The molecule has 2 aromatic rings. The molecule has 0 aliphatic heterocycles. The van der Waals surface area contributed by atoms with Crippen LogP contribution in [-0.2, 0) is 0 Å². The molecule has 0 spiro atoms. The van der Waals surface area contributed by atoms with Gasteiger partial charge in [0.15, 0.2) is 0 Å². The molecular formula is C21H24Si.